The van der Waals surface area contributed by atoms with Crippen LogP contribution in [0.1, 0.15) is 19.8 Å². The van der Waals surface area contributed by atoms with Crippen LogP contribution in [0, 0.1) is 15.9 Å². The number of hydrogen-bond acceptors (Lipinski definition) is 4. The zero-order valence-electron chi connectivity index (χ0n) is 10.4. The fraction of sp³-hybridized carbons (Fsp3) is 0.500. The van der Waals surface area contributed by atoms with Gasteiger partial charge in [-0.2, -0.15) is 0 Å². The number of rotatable bonds is 4. The SMILES string of the molecule is CCCC1(O)CN(c2cc(F)c(Cl)cc2[N+](=O)[O-])C1. The first kappa shape index (κ1) is 14.0. The van der Waals surface area contributed by atoms with Gasteiger partial charge in [0.1, 0.15) is 11.5 Å². The van der Waals surface area contributed by atoms with Crippen LogP contribution in [-0.4, -0.2) is 28.7 Å². The largest absolute Gasteiger partial charge is 0.386 e. The van der Waals surface area contributed by atoms with E-state index in [2.05, 4.69) is 0 Å². The van der Waals surface area contributed by atoms with Crippen molar-refractivity contribution in [1.29, 1.82) is 0 Å². The van der Waals surface area contributed by atoms with Gasteiger partial charge in [-0.25, -0.2) is 4.39 Å². The van der Waals surface area contributed by atoms with Crippen molar-refractivity contribution in [3.63, 3.8) is 0 Å². The number of anilines is 1. The molecule has 19 heavy (non-hydrogen) atoms. The number of benzene rings is 1. The van der Waals surface area contributed by atoms with Gasteiger partial charge in [0.25, 0.3) is 5.69 Å². The van der Waals surface area contributed by atoms with Crippen LogP contribution in [0.15, 0.2) is 12.1 Å². The molecule has 0 amide bonds. The van der Waals surface area contributed by atoms with E-state index < -0.39 is 16.3 Å². The summed E-state index contributed by atoms with van der Waals surface area (Å²) in [6, 6.07) is 2.05. The van der Waals surface area contributed by atoms with Gasteiger partial charge in [-0.05, 0) is 6.42 Å². The zero-order valence-corrected chi connectivity index (χ0v) is 11.2. The minimum atomic E-state index is -0.835. The van der Waals surface area contributed by atoms with Crippen LogP contribution in [-0.2, 0) is 0 Å². The molecule has 1 N–H and O–H groups in total. The molecule has 2 rings (SSSR count). The second-order valence-electron chi connectivity index (χ2n) is 4.84. The molecule has 0 aliphatic carbocycles. The van der Waals surface area contributed by atoms with Gasteiger partial charge in [-0.3, -0.25) is 10.1 Å². The Balaban J connectivity index is 2.27. The summed E-state index contributed by atoms with van der Waals surface area (Å²) in [5, 5.41) is 20.7. The summed E-state index contributed by atoms with van der Waals surface area (Å²) in [7, 11) is 0. The number of nitrogens with zero attached hydrogens (tertiary/aromatic N) is 2. The lowest BCUT2D eigenvalue weighted by molar-refractivity contribution is -0.384. The lowest BCUT2D eigenvalue weighted by atomic mass is 9.88. The highest BCUT2D eigenvalue weighted by Crippen LogP contribution is 2.38. The van der Waals surface area contributed by atoms with Crippen LogP contribution in [0.4, 0.5) is 15.8 Å². The first-order valence-electron chi connectivity index (χ1n) is 5.97. The van der Waals surface area contributed by atoms with Crippen LogP contribution in [0.25, 0.3) is 0 Å². The van der Waals surface area contributed by atoms with Gasteiger partial charge in [0, 0.05) is 25.2 Å². The molecule has 0 unspecified atom stereocenters. The Morgan fingerprint density at radius 2 is 2.21 bits per heavy atom. The van der Waals surface area contributed by atoms with E-state index in [-0.39, 0.29) is 29.5 Å². The average Bonchev–Trinajstić information content (AvgIpc) is 2.29. The molecule has 0 bridgehead atoms. The first-order valence-corrected chi connectivity index (χ1v) is 6.35. The Morgan fingerprint density at radius 3 is 2.74 bits per heavy atom. The highest BCUT2D eigenvalue weighted by Gasteiger charge is 2.42. The monoisotopic (exact) mass is 288 g/mol. The minimum Gasteiger partial charge on any atom is -0.386 e. The van der Waals surface area contributed by atoms with E-state index in [1.165, 1.54) is 0 Å². The van der Waals surface area contributed by atoms with Gasteiger partial charge in [0.15, 0.2) is 0 Å². The lowest BCUT2D eigenvalue weighted by Crippen LogP contribution is -2.62. The van der Waals surface area contributed by atoms with E-state index in [0.717, 1.165) is 18.6 Å². The predicted octanol–water partition coefficient (Wildman–Crippen LogP) is 2.74. The van der Waals surface area contributed by atoms with Crippen molar-refractivity contribution in [2.45, 2.75) is 25.4 Å². The van der Waals surface area contributed by atoms with Gasteiger partial charge >= 0.3 is 0 Å². The maximum Gasteiger partial charge on any atom is 0.294 e. The molecule has 1 aliphatic rings. The minimum absolute atomic E-state index is 0.160. The molecule has 0 saturated carbocycles. The molecule has 1 aromatic carbocycles. The Hall–Kier alpha value is -1.40. The number of nitro groups is 1. The maximum atomic E-state index is 13.4. The summed E-state index contributed by atoms with van der Waals surface area (Å²) < 4.78 is 13.4. The van der Waals surface area contributed by atoms with E-state index in [9.17, 15) is 19.6 Å². The number of nitro benzene ring substituents is 1. The number of halogens is 2. The zero-order chi connectivity index (χ0) is 14.2. The molecule has 7 heteroatoms. The summed E-state index contributed by atoms with van der Waals surface area (Å²) in [6.07, 6.45) is 1.44. The predicted molar refractivity (Wildman–Crippen MR) is 70.1 cm³/mol. The van der Waals surface area contributed by atoms with E-state index in [0.29, 0.717) is 6.42 Å². The molecule has 1 heterocycles. The third-order valence-corrected chi connectivity index (χ3v) is 3.53. The quantitative estimate of drug-likeness (QED) is 0.683. The molecule has 0 spiro atoms. The molecule has 0 aromatic heterocycles. The molecule has 1 fully saturated rings. The van der Waals surface area contributed by atoms with Gasteiger partial charge in [0.05, 0.1) is 15.5 Å². The van der Waals surface area contributed by atoms with E-state index >= 15 is 0 Å². The van der Waals surface area contributed by atoms with Crippen LogP contribution in [0.5, 0.6) is 0 Å². The highest BCUT2D eigenvalue weighted by atomic mass is 35.5. The third-order valence-electron chi connectivity index (χ3n) is 3.24. The highest BCUT2D eigenvalue weighted by molar-refractivity contribution is 6.31. The lowest BCUT2D eigenvalue weighted by Gasteiger charge is -2.47. The van der Waals surface area contributed by atoms with Gasteiger partial charge < -0.3 is 10.0 Å². The Labute approximate surface area is 114 Å². The van der Waals surface area contributed by atoms with Gasteiger partial charge in [-0.1, -0.05) is 24.9 Å². The van der Waals surface area contributed by atoms with Crippen LogP contribution >= 0.6 is 11.6 Å². The number of β-amino-alcohol motifs (C(OH)–C–C–N with tert-alkyl or cyclic N) is 1. The van der Waals surface area contributed by atoms with Crippen molar-refractivity contribution < 1.29 is 14.4 Å². The van der Waals surface area contributed by atoms with Crippen LogP contribution in [0.3, 0.4) is 0 Å². The van der Waals surface area contributed by atoms with E-state index in [1.807, 2.05) is 6.92 Å². The third kappa shape index (κ3) is 2.64. The van der Waals surface area contributed by atoms with Crippen molar-refractivity contribution in [1.82, 2.24) is 0 Å². The molecule has 0 radical (unpaired) electrons. The summed E-state index contributed by atoms with van der Waals surface area (Å²) in [5.41, 5.74) is -0.920. The van der Waals surface area contributed by atoms with Gasteiger partial charge in [0.2, 0.25) is 0 Å². The van der Waals surface area contributed by atoms with Crippen molar-refractivity contribution in [2.24, 2.45) is 0 Å². The van der Waals surface area contributed by atoms with Crippen molar-refractivity contribution in [2.75, 3.05) is 18.0 Å². The standard InChI is InChI=1S/C12H14ClFN2O3/c1-2-3-12(17)6-15(7-12)10-5-9(14)8(13)4-11(10)16(18)19/h4-5,17H,2-3,6-7H2,1H3. The first-order chi connectivity index (χ1) is 8.86. The summed E-state index contributed by atoms with van der Waals surface area (Å²) in [6.45, 7) is 2.48. The van der Waals surface area contributed by atoms with Gasteiger partial charge in [-0.15, -0.1) is 0 Å². The van der Waals surface area contributed by atoms with Crippen molar-refractivity contribution in [3.05, 3.63) is 33.1 Å². The van der Waals surface area contributed by atoms with E-state index in [4.69, 9.17) is 11.6 Å². The second-order valence-corrected chi connectivity index (χ2v) is 5.25. The normalized spacial score (nSPS) is 17.2. The van der Waals surface area contributed by atoms with E-state index in [1.54, 1.807) is 4.90 Å². The molecule has 1 saturated heterocycles. The molecule has 1 aliphatic heterocycles. The smallest absolute Gasteiger partial charge is 0.294 e. The summed E-state index contributed by atoms with van der Waals surface area (Å²) in [5.74, 6) is -0.701. The van der Waals surface area contributed by atoms with Crippen LogP contribution in [0.2, 0.25) is 5.02 Å². The Kier molecular flexibility index (Phi) is 3.64. The molecular weight excluding hydrogens is 275 g/mol. The van der Waals surface area contributed by atoms with Crippen molar-refractivity contribution >= 4 is 23.0 Å². The Bertz CT molecular complexity index is 518. The molecule has 5 nitrogen and oxygen atoms in total. The van der Waals surface area contributed by atoms with Crippen molar-refractivity contribution in [3.8, 4) is 0 Å². The Morgan fingerprint density at radius 1 is 1.58 bits per heavy atom. The summed E-state index contributed by atoms with van der Waals surface area (Å²) >= 11 is 5.55. The summed E-state index contributed by atoms with van der Waals surface area (Å²) in [4.78, 5) is 11.9. The topological polar surface area (TPSA) is 66.6 Å². The average molecular weight is 289 g/mol. The molecule has 104 valence electrons. The van der Waals surface area contributed by atoms with Crippen LogP contribution < -0.4 is 4.90 Å². The fourth-order valence-corrected chi connectivity index (χ4v) is 2.54. The molecular formula is C12H14ClFN2O3. The fourth-order valence-electron chi connectivity index (χ4n) is 2.38. The molecule has 0 atom stereocenters. The molecule has 1 aromatic rings. The second kappa shape index (κ2) is 4.94. The number of aliphatic hydroxyl groups is 1. The maximum absolute atomic E-state index is 13.4. The number of hydrogen-bond donors (Lipinski definition) is 1.